The zero-order chi connectivity index (χ0) is 22.0. The summed E-state index contributed by atoms with van der Waals surface area (Å²) in [5, 5.41) is 3.71. The fraction of sp³-hybridized carbons (Fsp3) is 0.571. The molecular formula is C28H33N3O2. The van der Waals surface area contributed by atoms with E-state index in [0.717, 1.165) is 37.2 Å². The number of benzene rings is 1. The minimum Gasteiger partial charge on any atom is -0.493 e. The zero-order valence-electron chi connectivity index (χ0n) is 19.3. The highest BCUT2D eigenvalue weighted by Gasteiger charge is 2.47. The Morgan fingerprint density at radius 3 is 2.82 bits per heavy atom. The molecule has 7 rings (SSSR count). The molecule has 1 saturated carbocycles. The first-order valence-electron chi connectivity index (χ1n) is 12.9. The summed E-state index contributed by atoms with van der Waals surface area (Å²) in [4.78, 5) is 20.4. The topological polar surface area (TPSA) is 54.5 Å². The number of carbonyl (C=O) groups is 1. The summed E-state index contributed by atoms with van der Waals surface area (Å²) in [5.74, 6) is 1.46. The number of pyridine rings is 1. The molecule has 1 aromatic carbocycles. The van der Waals surface area contributed by atoms with Crippen LogP contribution in [0, 0.1) is 5.92 Å². The third kappa shape index (κ3) is 3.56. The van der Waals surface area contributed by atoms with Gasteiger partial charge in [0.1, 0.15) is 5.75 Å². The molecule has 1 spiro atoms. The Balaban J connectivity index is 1.04. The number of nitrogens with zero attached hydrogens (tertiary/aromatic N) is 2. The second kappa shape index (κ2) is 7.56. The van der Waals surface area contributed by atoms with Crippen LogP contribution in [0.15, 0.2) is 30.5 Å². The summed E-state index contributed by atoms with van der Waals surface area (Å²) < 4.78 is 6.20. The van der Waals surface area contributed by atoms with E-state index < -0.39 is 0 Å². The van der Waals surface area contributed by atoms with Crippen LogP contribution in [0.2, 0.25) is 0 Å². The van der Waals surface area contributed by atoms with Crippen molar-refractivity contribution in [3.05, 3.63) is 52.8 Å². The highest BCUT2D eigenvalue weighted by molar-refractivity contribution is 5.96. The largest absolute Gasteiger partial charge is 0.493 e. The van der Waals surface area contributed by atoms with Crippen LogP contribution in [0.3, 0.4) is 0 Å². The molecule has 1 aromatic heterocycles. The Kier molecular flexibility index (Phi) is 4.58. The Labute approximate surface area is 195 Å². The maximum Gasteiger partial charge on any atom is 0.164 e. The normalized spacial score (nSPS) is 28.7. The average Bonchev–Trinajstić information content (AvgIpc) is 3.54. The molecule has 172 valence electrons. The van der Waals surface area contributed by atoms with E-state index in [1.807, 2.05) is 6.20 Å². The number of Topliss-reactive ketones (excluding diaryl/α,β-unsaturated/α-hetero) is 1. The molecule has 2 aromatic rings. The van der Waals surface area contributed by atoms with Crippen LogP contribution >= 0.6 is 0 Å². The van der Waals surface area contributed by atoms with Gasteiger partial charge in [0, 0.05) is 66.7 Å². The number of fused-ring (bicyclic) bond motifs is 5. The second-order valence-electron chi connectivity index (χ2n) is 11.2. The van der Waals surface area contributed by atoms with E-state index in [2.05, 4.69) is 34.5 Å². The number of ether oxygens (including phenoxy) is 1. The Morgan fingerprint density at radius 1 is 1.15 bits per heavy atom. The standard InChI is InChI=1S/C28H33N3O2/c32-26(20-12-24-25(29-14-20)2-1-7-28(24)8-9-28)11-18-10-19-3-6-23(13-27(19)33-17-18)31-15-21-4-5-22(16-31)30-21/h3,6,12-14,18,21-22,30H,1-2,4-5,7-11,15-17H2/t18-,21?,22?/m0/s1. The molecule has 3 fully saturated rings. The monoisotopic (exact) mass is 443 g/mol. The Bertz CT molecular complexity index is 1100. The van der Waals surface area contributed by atoms with E-state index in [4.69, 9.17) is 9.72 Å². The molecule has 3 atom stereocenters. The van der Waals surface area contributed by atoms with Crippen LogP contribution < -0.4 is 15.0 Å². The van der Waals surface area contributed by atoms with E-state index in [1.54, 1.807) is 0 Å². The van der Waals surface area contributed by atoms with Crippen LogP contribution in [0.1, 0.15) is 72.1 Å². The molecule has 2 aliphatic carbocycles. The lowest BCUT2D eigenvalue weighted by Crippen LogP contribution is -2.51. The molecule has 2 unspecified atom stereocenters. The van der Waals surface area contributed by atoms with E-state index in [1.165, 1.54) is 61.0 Å². The fourth-order valence-corrected chi connectivity index (χ4v) is 6.84. The molecule has 0 amide bonds. The van der Waals surface area contributed by atoms with E-state index in [9.17, 15) is 4.79 Å². The summed E-state index contributed by atoms with van der Waals surface area (Å²) >= 11 is 0. The summed E-state index contributed by atoms with van der Waals surface area (Å²) in [7, 11) is 0. The van der Waals surface area contributed by atoms with Gasteiger partial charge < -0.3 is 15.0 Å². The number of hydrogen-bond donors (Lipinski definition) is 1. The number of aryl methyl sites for hydroxylation is 1. The lowest BCUT2D eigenvalue weighted by Gasteiger charge is -2.35. The molecule has 2 saturated heterocycles. The van der Waals surface area contributed by atoms with Gasteiger partial charge in [0.25, 0.3) is 0 Å². The number of nitrogens with one attached hydrogen (secondary N) is 1. The predicted molar refractivity (Wildman–Crippen MR) is 128 cm³/mol. The number of hydrogen-bond acceptors (Lipinski definition) is 5. The molecule has 3 aliphatic heterocycles. The van der Waals surface area contributed by atoms with E-state index >= 15 is 0 Å². The molecule has 5 heteroatoms. The summed E-state index contributed by atoms with van der Waals surface area (Å²) in [5.41, 5.74) is 6.27. The van der Waals surface area contributed by atoms with Crippen molar-refractivity contribution in [3.63, 3.8) is 0 Å². The van der Waals surface area contributed by atoms with Crippen molar-refractivity contribution in [2.24, 2.45) is 5.92 Å². The maximum absolute atomic E-state index is 13.2. The molecule has 5 nitrogen and oxygen atoms in total. The Hall–Kier alpha value is -2.40. The van der Waals surface area contributed by atoms with Gasteiger partial charge in [0.05, 0.1) is 6.61 Å². The first-order chi connectivity index (χ1) is 16.1. The molecule has 5 aliphatic rings. The van der Waals surface area contributed by atoms with Gasteiger partial charge in [-0.2, -0.15) is 0 Å². The average molecular weight is 444 g/mol. The smallest absolute Gasteiger partial charge is 0.164 e. The summed E-state index contributed by atoms with van der Waals surface area (Å²) in [6.07, 6.45) is 12.0. The molecule has 1 N–H and O–H groups in total. The van der Waals surface area contributed by atoms with Crippen molar-refractivity contribution in [1.29, 1.82) is 0 Å². The van der Waals surface area contributed by atoms with Crippen LogP contribution in [-0.4, -0.2) is 42.5 Å². The summed E-state index contributed by atoms with van der Waals surface area (Å²) in [6, 6.07) is 10.1. The van der Waals surface area contributed by atoms with Crippen molar-refractivity contribution in [2.45, 2.75) is 75.3 Å². The zero-order valence-corrected chi connectivity index (χ0v) is 19.3. The predicted octanol–water partition coefficient (Wildman–Crippen LogP) is 4.21. The lowest BCUT2D eigenvalue weighted by molar-refractivity contribution is 0.0933. The van der Waals surface area contributed by atoms with Gasteiger partial charge >= 0.3 is 0 Å². The van der Waals surface area contributed by atoms with Crippen molar-refractivity contribution >= 4 is 11.5 Å². The van der Waals surface area contributed by atoms with Crippen LogP contribution in [0.5, 0.6) is 5.75 Å². The quantitative estimate of drug-likeness (QED) is 0.718. The maximum atomic E-state index is 13.2. The van der Waals surface area contributed by atoms with Gasteiger partial charge in [-0.25, -0.2) is 0 Å². The number of rotatable bonds is 4. The summed E-state index contributed by atoms with van der Waals surface area (Å²) in [6.45, 7) is 2.79. The van der Waals surface area contributed by atoms with Crippen molar-refractivity contribution in [2.75, 3.05) is 24.6 Å². The van der Waals surface area contributed by atoms with Gasteiger partial charge in [-0.15, -0.1) is 0 Å². The second-order valence-corrected chi connectivity index (χ2v) is 11.2. The minimum atomic E-state index is 0.219. The first-order valence-corrected chi connectivity index (χ1v) is 12.9. The first kappa shape index (κ1) is 20.0. The number of aromatic nitrogens is 1. The van der Waals surface area contributed by atoms with Crippen LogP contribution in [-0.2, 0) is 18.3 Å². The number of carbonyl (C=O) groups excluding carboxylic acids is 1. The fourth-order valence-electron chi connectivity index (χ4n) is 6.84. The number of anilines is 1. The van der Waals surface area contributed by atoms with Crippen LogP contribution in [0.4, 0.5) is 5.69 Å². The number of ketones is 1. The third-order valence-corrected chi connectivity index (χ3v) is 8.88. The van der Waals surface area contributed by atoms with E-state index in [-0.39, 0.29) is 11.7 Å². The van der Waals surface area contributed by atoms with Crippen molar-refractivity contribution in [1.82, 2.24) is 10.3 Å². The molecular weight excluding hydrogens is 410 g/mol. The minimum absolute atomic E-state index is 0.219. The number of piperazine rings is 1. The molecule has 4 heterocycles. The highest BCUT2D eigenvalue weighted by Crippen LogP contribution is 2.55. The van der Waals surface area contributed by atoms with Crippen LogP contribution in [0.25, 0.3) is 0 Å². The Morgan fingerprint density at radius 2 is 2.00 bits per heavy atom. The molecule has 33 heavy (non-hydrogen) atoms. The van der Waals surface area contributed by atoms with Gasteiger partial charge in [-0.05, 0) is 80.0 Å². The van der Waals surface area contributed by atoms with Crippen molar-refractivity contribution in [3.8, 4) is 5.75 Å². The third-order valence-electron chi connectivity index (χ3n) is 8.88. The SMILES string of the molecule is O=C(C[C@H]1COc2cc(N3CC4CCC(C3)N4)ccc2C1)c1cnc2c(c1)C1(CCC2)CC1. The van der Waals surface area contributed by atoms with Gasteiger partial charge in [-0.3, -0.25) is 9.78 Å². The van der Waals surface area contributed by atoms with Crippen molar-refractivity contribution < 1.29 is 9.53 Å². The highest BCUT2D eigenvalue weighted by atomic mass is 16.5. The van der Waals surface area contributed by atoms with Gasteiger partial charge in [0.15, 0.2) is 5.78 Å². The molecule has 0 radical (unpaired) electrons. The van der Waals surface area contributed by atoms with Gasteiger partial charge in [0.2, 0.25) is 0 Å². The van der Waals surface area contributed by atoms with E-state index in [0.29, 0.717) is 30.5 Å². The lowest BCUT2D eigenvalue weighted by atomic mass is 9.81. The van der Waals surface area contributed by atoms with Gasteiger partial charge in [-0.1, -0.05) is 6.07 Å². The molecule has 2 bridgehead atoms.